The molecule has 2 aliphatic carbocycles. The van der Waals surface area contributed by atoms with E-state index in [0.29, 0.717) is 0 Å². The highest BCUT2D eigenvalue weighted by Crippen LogP contribution is 2.64. The summed E-state index contributed by atoms with van der Waals surface area (Å²) >= 11 is 0. The lowest BCUT2D eigenvalue weighted by Gasteiger charge is -2.39. The van der Waals surface area contributed by atoms with Gasteiger partial charge in [0.15, 0.2) is 0 Å². The summed E-state index contributed by atoms with van der Waals surface area (Å²) in [5, 5.41) is 0. The van der Waals surface area contributed by atoms with E-state index in [1.54, 1.807) is 0 Å². The van der Waals surface area contributed by atoms with Crippen LogP contribution in [0.4, 0.5) is 17.1 Å². The third-order valence-corrected chi connectivity index (χ3v) is 16.8. The van der Waals surface area contributed by atoms with E-state index in [1.165, 1.54) is 44.5 Å². The average Bonchev–Trinajstić information content (AvgIpc) is 3.89. The number of ether oxygens (including phenoxy) is 2. The predicted molar refractivity (Wildman–Crippen MR) is 312 cm³/mol. The van der Waals surface area contributed by atoms with Crippen LogP contribution in [0.1, 0.15) is 44.5 Å². The molecule has 0 atom stereocenters. The van der Waals surface area contributed by atoms with Gasteiger partial charge in [-0.25, -0.2) is 0 Å². The second-order valence-corrected chi connectivity index (χ2v) is 20.6. The molecular weight excluding hydrogens is 935 g/mol. The van der Waals surface area contributed by atoms with Crippen molar-refractivity contribution in [3.63, 3.8) is 0 Å². The normalized spacial score (nSPS) is 13.9. The van der Waals surface area contributed by atoms with Crippen LogP contribution < -0.4 is 14.4 Å². The van der Waals surface area contributed by atoms with Gasteiger partial charge in [0.25, 0.3) is 0 Å². The van der Waals surface area contributed by atoms with Gasteiger partial charge < -0.3 is 14.4 Å². The van der Waals surface area contributed by atoms with Crippen molar-refractivity contribution in [1.29, 1.82) is 0 Å². The molecule has 77 heavy (non-hydrogen) atoms. The first-order valence-electron chi connectivity index (χ1n) is 26.6. The van der Waals surface area contributed by atoms with Gasteiger partial charge in [0, 0.05) is 39.1 Å². The van der Waals surface area contributed by atoms with Gasteiger partial charge in [-0.2, -0.15) is 0 Å². The predicted octanol–water partition coefficient (Wildman–Crippen LogP) is 19.1. The Hall–Kier alpha value is -9.96. The lowest BCUT2D eigenvalue weighted by Crippen LogP contribution is -2.32. The summed E-state index contributed by atoms with van der Waals surface area (Å²) < 4.78 is 13.4. The molecule has 0 amide bonds. The molecule has 0 saturated carbocycles. The van der Waals surface area contributed by atoms with Crippen molar-refractivity contribution in [2.45, 2.75) is 10.8 Å². The summed E-state index contributed by atoms with van der Waals surface area (Å²) in [6.07, 6.45) is 0. The standard InChI is InChI=1S/C74H47NO2/c1-2-21-48(22-3-1)53-25-6-14-35-67(53)75(52-24-20-23-49(45-52)50-41-43-57-55-27-4-8-29-59(55)74(66(57)47-50)64-33-12-18-39-71(64)77-72-40-19-13-34-65(72)74)68-36-15-7-26-54(68)51-42-44-61-58(46-51)56-28-5-9-30-60(56)73(61)62-31-10-16-37-69(62)76-70-38-17-11-32-63(70)73/h1-47H. The first kappa shape index (κ1) is 43.4. The molecule has 4 aliphatic rings. The Balaban J connectivity index is 0.891. The molecule has 360 valence electrons. The number of benzene rings is 12. The SMILES string of the molecule is c1ccc(-c2ccccc2N(c2cccc(-c3ccc4c(c3)C3(c5ccccc5Oc5ccccc53)c3ccccc3-4)c2)c2ccccc2-c2ccc3c(c2)-c2ccccc2C32c3ccccc3Oc3ccccc32)cc1. The van der Waals surface area contributed by atoms with Gasteiger partial charge >= 0.3 is 0 Å². The third-order valence-electron chi connectivity index (χ3n) is 16.8. The summed E-state index contributed by atoms with van der Waals surface area (Å²) in [4.78, 5) is 2.48. The molecule has 0 saturated heterocycles. The second kappa shape index (κ2) is 16.8. The van der Waals surface area contributed by atoms with Gasteiger partial charge in [0.1, 0.15) is 23.0 Å². The second-order valence-electron chi connectivity index (χ2n) is 20.6. The molecule has 0 aromatic heterocycles. The highest BCUT2D eigenvalue weighted by Gasteiger charge is 2.52. The fourth-order valence-electron chi connectivity index (χ4n) is 13.7. The largest absolute Gasteiger partial charge is 0.457 e. The van der Waals surface area contributed by atoms with Crippen LogP contribution in [0, 0.1) is 0 Å². The van der Waals surface area contributed by atoms with Crippen LogP contribution in [-0.2, 0) is 10.8 Å². The Morgan fingerprint density at radius 2 is 0.610 bits per heavy atom. The number of rotatable bonds is 6. The molecule has 16 rings (SSSR count). The van der Waals surface area contributed by atoms with Crippen LogP contribution in [0.5, 0.6) is 23.0 Å². The van der Waals surface area contributed by atoms with E-state index in [9.17, 15) is 0 Å². The van der Waals surface area contributed by atoms with Crippen molar-refractivity contribution in [3.8, 4) is 78.6 Å². The minimum absolute atomic E-state index is 0.548. The highest BCUT2D eigenvalue weighted by molar-refractivity contribution is 5.97. The lowest BCUT2D eigenvalue weighted by molar-refractivity contribution is 0.436. The van der Waals surface area contributed by atoms with E-state index in [0.717, 1.165) is 95.7 Å². The summed E-state index contributed by atoms with van der Waals surface area (Å²) in [6.45, 7) is 0. The van der Waals surface area contributed by atoms with E-state index in [4.69, 9.17) is 9.47 Å². The topological polar surface area (TPSA) is 21.7 Å². The fourth-order valence-corrected chi connectivity index (χ4v) is 13.7. The molecule has 12 aromatic rings. The molecule has 0 radical (unpaired) electrons. The van der Waals surface area contributed by atoms with Crippen molar-refractivity contribution in [2.75, 3.05) is 4.90 Å². The van der Waals surface area contributed by atoms with Crippen molar-refractivity contribution in [2.24, 2.45) is 0 Å². The van der Waals surface area contributed by atoms with Crippen molar-refractivity contribution < 1.29 is 9.47 Å². The number of fused-ring (bicyclic) bond motifs is 18. The molecule has 0 N–H and O–H groups in total. The Morgan fingerprint density at radius 3 is 1.18 bits per heavy atom. The van der Waals surface area contributed by atoms with Gasteiger partial charge in [0.2, 0.25) is 0 Å². The van der Waals surface area contributed by atoms with Gasteiger partial charge in [0.05, 0.1) is 22.2 Å². The highest BCUT2D eigenvalue weighted by atomic mass is 16.5. The first-order chi connectivity index (χ1) is 38.2. The Labute approximate surface area is 448 Å². The molecular formula is C74H47NO2. The molecule has 0 fully saturated rings. The lowest BCUT2D eigenvalue weighted by atomic mass is 9.66. The molecule has 2 aliphatic heterocycles. The van der Waals surface area contributed by atoms with Crippen molar-refractivity contribution >= 4 is 17.1 Å². The van der Waals surface area contributed by atoms with Crippen molar-refractivity contribution in [1.82, 2.24) is 0 Å². The summed E-state index contributed by atoms with van der Waals surface area (Å²) in [5.74, 6) is 3.56. The quantitative estimate of drug-likeness (QED) is 0.166. The molecule has 3 nitrogen and oxygen atoms in total. The van der Waals surface area contributed by atoms with Gasteiger partial charge in [-0.15, -0.1) is 0 Å². The zero-order valence-corrected chi connectivity index (χ0v) is 41.9. The van der Waals surface area contributed by atoms with Crippen LogP contribution in [0.3, 0.4) is 0 Å². The Morgan fingerprint density at radius 1 is 0.221 bits per heavy atom. The maximum absolute atomic E-state index is 6.70. The minimum Gasteiger partial charge on any atom is -0.457 e. The maximum atomic E-state index is 6.70. The average molecular weight is 982 g/mol. The molecule has 12 aromatic carbocycles. The Kier molecular flexibility index (Phi) is 9.47. The number of para-hydroxylation sites is 6. The van der Waals surface area contributed by atoms with E-state index >= 15 is 0 Å². The van der Waals surface area contributed by atoms with Crippen molar-refractivity contribution in [3.05, 3.63) is 330 Å². The summed E-state index contributed by atoms with van der Waals surface area (Å²) in [6, 6.07) is 104. The fraction of sp³-hybridized carbons (Fsp3) is 0.0270. The van der Waals surface area contributed by atoms with Crippen LogP contribution in [0.2, 0.25) is 0 Å². The van der Waals surface area contributed by atoms with Gasteiger partial charge in [-0.05, 0) is 127 Å². The van der Waals surface area contributed by atoms with E-state index in [2.05, 4.69) is 290 Å². The smallest absolute Gasteiger partial charge is 0.132 e. The molecule has 0 unspecified atom stereocenters. The monoisotopic (exact) mass is 981 g/mol. The zero-order chi connectivity index (χ0) is 50.7. The molecule has 0 bridgehead atoms. The third kappa shape index (κ3) is 6.14. The molecule has 3 heteroatoms. The van der Waals surface area contributed by atoms with E-state index in [-0.39, 0.29) is 0 Å². The number of hydrogen-bond donors (Lipinski definition) is 0. The number of nitrogens with zero attached hydrogens (tertiary/aromatic N) is 1. The van der Waals surface area contributed by atoms with Gasteiger partial charge in [-0.1, -0.05) is 224 Å². The Bertz CT molecular complexity index is 4290. The number of hydrogen-bond acceptors (Lipinski definition) is 3. The zero-order valence-electron chi connectivity index (χ0n) is 41.9. The molecule has 2 heterocycles. The van der Waals surface area contributed by atoms with Crippen LogP contribution in [-0.4, -0.2) is 0 Å². The summed E-state index contributed by atoms with van der Waals surface area (Å²) in [7, 11) is 0. The van der Waals surface area contributed by atoms with Crippen LogP contribution in [0.15, 0.2) is 285 Å². The van der Waals surface area contributed by atoms with E-state index < -0.39 is 10.8 Å². The maximum Gasteiger partial charge on any atom is 0.132 e. The minimum atomic E-state index is -0.571. The number of anilines is 3. The summed E-state index contributed by atoms with van der Waals surface area (Å²) in [5.41, 5.74) is 23.6. The first-order valence-corrected chi connectivity index (χ1v) is 26.6. The van der Waals surface area contributed by atoms with E-state index in [1.807, 2.05) is 0 Å². The molecule has 2 spiro atoms. The van der Waals surface area contributed by atoms with Crippen LogP contribution >= 0.6 is 0 Å². The van der Waals surface area contributed by atoms with Crippen LogP contribution in [0.25, 0.3) is 55.6 Å². The van der Waals surface area contributed by atoms with Gasteiger partial charge in [-0.3, -0.25) is 0 Å².